The lowest BCUT2D eigenvalue weighted by Gasteiger charge is -2.32. The SMILES string of the molecule is CCOCC(C)NC1CCCN(C)C1. The van der Waals surface area contributed by atoms with Crippen LogP contribution in [0.2, 0.25) is 0 Å². The van der Waals surface area contributed by atoms with Crippen LogP contribution in [0, 0.1) is 0 Å². The van der Waals surface area contributed by atoms with Gasteiger partial charge in [-0.15, -0.1) is 0 Å². The van der Waals surface area contributed by atoms with Gasteiger partial charge < -0.3 is 15.0 Å². The molecule has 0 aromatic carbocycles. The number of ether oxygens (including phenoxy) is 1. The lowest BCUT2D eigenvalue weighted by molar-refractivity contribution is 0.116. The monoisotopic (exact) mass is 200 g/mol. The van der Waals surface area contributed by atoms with Gasteiger partial charge in [-0.05, 0) is 40.3 Å². The first-order valence-corrected chi connectivity index (χ1v) is 5.74. The Morgan fingerprint density at radius 3 is 3.00 bits per heavy atom. The van der Waals surface area contributed by atoms with Crippen LogP contribution >= 0.6 is 0 Å². The lowest BCUT2D eigenvalue weighted by atomic mass is 10.1. The van der Waals surface area contributed by atoms with Crippen LogP contribution in [0.4, 0.5) is 0 Å². The van der Waals surface area contributed by atoms with Crippen LogP contribution < -0.4 is 5.32 Å². The van der Waals surface area contributed by atoms with Gasteiger partial charge in [0.15, 0.2) is 0 Å². The zero-order valence-corrected chi connectivity index (χ0v) is 9.75. The number of nitrogens with zero attached hydrogens (tertiary/aromatic N) is 1. The molecule has 0 aliphatic carbocycles. The summed E-state index contributed by atoms with van der Waals surface area (Å²) in [6, 6.07) is 1.13. The summed E-state index contributed by atoms with van der Waals surface area (Å²) in [6.07, 6.45) is 2.62. The van der Waals surface area contributed by atoms with Gasteiger partial charge in [0.05, 0.1) is 6.61 Å². The van der Waals surface area contributed by atoms with Gasteiger partial charge in [0, 0.05) is 25.2 Å². The number of nitrogens with one attached hydrogen (secondary N) is 1. The Morgan fingerprint density at radius 2 is 2.36 bits per heavy atom. The van der Waals surface area contributed by atoms with Crippen molar-refractivity contribution >= 4 is 0 Å². The fourth-order valence-electron chi connectivity index (χ4n) is 2.05. The van der Waals surface area contributed by atoms with E-state index in [1.165, 1.54) is 25.9 Å². The van der Waals surface area contributed by atoms with Crippen LogP contribution in [0.1, 0.15) is 26.7 Å². The molecule has 0 bridgehead atoms. The molecule has 3 nitrogen and oxygen atoms in total. The number of rotatable bonds is 5. The Kier molecular flexibility index (Phi) is 5.45. The van der Waals surface area contributed by atoms with E-state index in [9.17, 15) is 0 Å². The van der Waals surface area contributed by atoms with Crippen LogP contribution in [-0.2, 0) is 4.74 Å². The number of hydrogen-bond acceptors (Lipinski definition) is 3. The highest BCUT2D eigenvalue weighted by atomic mass is 16.5. The van der Waals surface area contributed by atoms with Gasteiger partial charge in [0.2, 0.25) is 0 Å². The molecule has 84 valence electrons. The molecular formula is C11H24N2O. The van der Waals surface area contributed by atoms with E-state index in [0.29, 0.717) is 12.1 Å². The molecule has 0 spiro atoms. The van der Waals surface area contributed by atoms with Crippen molar-refractivity contribution in [2.24, 2.45) is 0 Å². The Bertz CT molecular complexity index is 152. The first-order chi connectivity index (χ1) is 6.72. The van der Waals surface area contributed by atoms with Gasteiger partial charge in [-0.1, -0.05) is 0 Å². The Hall–Kier alpha value is -0.120. The third-order valence-corrected chi connectivity index (χ3v) is 2.72. The summed E-state index contributed by atoms with van der Waals surface area (Å²) in [5.41, 5.74) is 0. The van der Waals surface area contributed by atoms with Crippen LogP contribution in [0.15, 0.2) is 0 Å². The number of likely N-dealkylation sites (N-methyl/N-ethyl adjacent to an activating group) is 1. The zero-order chi connectivity index (χ0) is 10.4. The Balaban J connectivity index is 2.15. The summed E-state index contributed by atoms with van der Waals surface area (Å²) in [7, 11) is 2.20. The minimum Gasteiger partial charge on any atom is -0.380 e. The minimum absolute atomic E-state index is 0.478. The normalized spacial score (nSPS) is 26.4. The maximum atomic E-state index is 5.39. The zero-order valence-electron chi connectivity index (χ0n) is 9.75. The fourth-order valence-corrected chi connectivity index (χ4v) is 2.05. The molecule has 0 aromatic rings. The highest BCUT2D eigenvalue weighted by Crippen LogP contribution is 2.08. The van der Waals surface area contributed by atoms with Crippen molar-refractivity contribution in [3.05, 3.63) is 0 Å². The van der Waals surface area contributed by atoms with E-state index in [1.54, 1.807) is 0 Å². The molecule has 0 radical (unpaired) electrons. The van der Waals surface area contributed by atoms with Crippen LogP contribution in [0.25, 0.3) is 0 Å². The second-order valence-electron chi connectivity index (χ2n) is 4.33. The number of piperidine rings is 1. The van der Waals surface area contributed by atoms with E-state index in [0.717, 1.165) is 13.2 Å². The van der Waals surface area contributed by atoms with Gasteiger partial charge in [-0.3, -0.25) is 0 Å². The summed E-state index contributed by atoms with van der Waals surface area (Å²) >= 11 is 0. The molecule has 1 heterocycles. The third-order valence-electron chi connectivity index (χ3n) is 2.72. The quantitative estimate of drug-likeness (QED) is 0.719. The molecule has 2 atom stereocenters. The molecule has 1 N–H and O–H groups in total. The molecule has 14 heavy (non-hydrogen) atoms. The van der Waals surface area contributed by atoms with Crippen molar-refractivity contribution in [1.29, 1.82) is 0 Å². The molecule has 1 aliphatic rings. The molecule has 0 saturated carbocycles. The van der Waals surface area contributed by atoms with Crippen LogP contribution in [0.5, 0.6) is 0 Å². The molecule has 1 saturated heterocycles. The Labute approximate surface area is 87.8 Å². The van der Waals surface area contributed by atoms with Crippen LogP contribution in [0.3, 0.4) is 0 Å². The van der Waals surface area contributed by atoms with Crippen molar-refractivity contribution in [2.45, 2.75) is 38.8 Å². The van der Waals surface area contributed by atoms with E-state index in [2.05, 4.69) is 24.2 Å². The minimum atomic E-state index is 0.478. The summed E-state index contributed by atoms with van der Waals surface area (Å²) in [6.45, 7) is 8.31. The van der Waals surface area contributed by atoms with Crippen molar-refractivity contribution < 1.29 is 4.74 Å². The van der Waals surface area contributed by atoms with E-state index in [-0.39, 0.29) is 0 Å². The summed E-state index contributed by atoms with van der Waals surface area (Å²) in [5, 5.41) is 3.62. The van der Waals surface area contributed by atoms with Gasteiger partial charge in [-0.25, -0.2) is 0 Å². The van der Waals surface area contributed by atoms with Crippen molar-refractivity contribution in [3.8, 4) is 0 Å². The predicted octanol–water partition coefficient (Wildman–Crippen LogP) is 1.10. The van der Waals surface area contributed by atoms with Gasteiger partial charge in [-0.2, -0.15) is 0 Å². The summed E-state index contributed by atoms with van der Waals surface area (Å²) in [4.78, 5) is 2.40. The van der Waals surface area contributed by atoms with E-state index < -0.39 is 0 Å². The molecular weight excluding hydrogens is 176 g/mol. The highest BCUT2D eigenvalue weighted by molar-refractivity contribution is 4.78. The lowest BCUT2D eigenvalue weighted by Crippen LogP contribution is -2.48. The second-order valence-corrected chi connectivity index (χ2v) is 4.33. The molecule has 1 rings (SSSR count). The maximum Gasteiger partial charge on any atom is 0.0616 e. The van der Waals surface area contributed by atoms with Gasteiger partial charge in [0.25, 0.3) is 0 Å². The van der Waals surface area contributed by atoms with Gasteiger partial charge >= 0.3 is 0 Å². The molecule has 0 amide bonds. The van der Waals surface area contributed by atoms with E-state index >= 15 is 0 Å². The van der Waals surface area contributed by atoms with E-state index in [1.807, 2.05) is 6.92 Å². The standard InChI is InChI=1S/C11H24N2O/c1-4-14-9-10(2)12-11-6-5-7-13(3)8-11/h10-12H,4-9H2,1-3H3. The molecule has 0 aromatic heterocycles. The average Bonchev–Trinajstić information content (AvgIpc) is 2.15. The highest BCUT2D eigenvalue weighted by Gasteiger charge is 2.18. The first-order valence-electron chi connectivity index (χ1n) is 5.74. The molecule has 1 fully saturated rings. The average molecular weight is 200 g/mol. The maximum absolute atomic E-state index is 5.39. The molecule has 2 unspecified atom stereocenters. The molecule has 1 aliphatic heterocycles. The van der Waals surface area contributed by atoms with Crippen LogP contribution in [-0.4, -0.2) is 50.3 Å². The van der Waals surface area contributed by atoms with E-state index in [4.69, 9.17) is 4.74 Å². The predicted molar refractivity (Wildman–Crippen MR) is 59.6 cm³/mol. The number of hydrogen-bond donors (Lipinski definition) is 1. The summed E-state index contributed by atoms with van der Waals surface area (Å²) < 4.78 is 5.39. The van der Waals surface area contributed by atoms with Crippen molar-refractivity contribution in [2.75, 3.05) is 33.4 Å². The van der Waals surface area contributed by atoms with Gasteiger partial charge in [0.1, 0.15) is 0 Å². The second kappa shape index (κ2) is 6.38. The Morgan fingerprint density at radius 1 is 1.57 bits per heavy atom. The largest absolute Gasteiger partial charge is 0.380 e. The van der Waals surface area contributed by atoms with Crippen molar-refractivity contribution in [1.82, 2.24) is 10.2 Å². The third kappa shape index (κ3) is 4.40. The molecule has 3 heteroatoms. The van der Waals surface area contributed by atoms with Crippen molar-refractivity contribution in [3.63, 3.8) is 0 Å². The number of likely N-dealkylation sites (tertiary alicyclic amines) is 1. The topological polar surface area (TPSA) is 24.5 Å². The smallest absolute Gasteiger partial charge is 0.0616 e. The summed E-state index contributed by atoms with van der Waals surface area (Å²) in [5.74, 6) is 0. The fraction of sp³-hybridized carbons (Fsp3) is 1.00. The first kappa shape index (κ1) is 12.0.